The molecular formula is C10H12F3N3. The maximum Gasteiger partial charge on any atom is 0.251 e. The summed E-state index contributed by atoms with van der Waals surface area (Å²) in [7, 11) is 0. The van der Waals surface area contributed by atoms with Crippen LogP contribution in [0.3, 0.4) is 0 Å². The average Bonchev–Trinajstić information content (AvgIpc) is 2.19. The van der Waals surface area contributed by atoms with Gasteiger partial charge in [-0.1, -0.05) is 0 Å². The van der Waals surface area contributed by atoms with Gasteiger partial charge >= 0.3 is 0 Å². The third-order valence-corrected chi connectivity index (χ3v) is 2.64. The lowest BCUT2D eigenvalue weighted by Crippen LogP contribution is -2.40. The normalized spacial score (nSPS) is 19.8. The summed E-state index contributed by atoms with van der Waals surface area (Å²) in [5.41, 5.74) is 5.58. The molecule has 1 aromatic heterocycles. The zero-order valence-corrected chi connectivity index (χ0v) is 8.59. The smallest absolute Gasteiger partial charge is 0.251 e. The first kappa shape index (κ1) is 11.0. The number of hydrogen-bond donors (Lipinski definition) is 1. The number of piperidine rings is 1. The molecule has 3 nitrogen and oxygen atoms in total. The summed E-state index contributed by atoms with van der Waals surface area (Å²) in [5, 5.41) is 0. The lowest BCUT2D eigenvalue weighted by Gasteiger charge is -2.32. The van der Waals surface area contributed by atoms with E-state index in [0.717, 1.165) is 6.07 Å². The van der Waals surface area contributed by atoms with E-state index in [0.29, 0.717) is 0 Å². The van der Waals surface area contributed by atoms with E-state index < -0.39 is 11.7 Å². The quantitative estimate of drug-likeness (QED) is 0.804. The summed E-state index contributed by atoms with van der Waals surface area (Å²) in [5.74, 6) is -3.10. The molecule has 0 aromatic carbocycles. The highest BCUT2D eigenvalue weighted by Crippen LogP contribution is 2.30. The van der Waals surface area contributed by atoms with Crippen LogP contribution in [0.5, 0.6) is 0 Å². The van der Waals surface area contributed by atoms with Gasteiger partial charge in [0.05, 0.1) is 11.9 Å². The Labute approximate surface area is 91.1 Å². The fourth-order valence-corrected chi connectivity index (χ4v) is 1.72. The molecule has 6 heteroatoms. The van der Waals surface area contributed by atoms with Crippen molar-refractivity contribution in [1.82, 2.24) is 4.98 Å². The van der Waals surface area contributed by atoms with Gasteiger partial charge in [-0.05, 0) is 0 Å². The van der Waals surface area contributed by atoms with E-state index in [9.17, 15) is 13.2 Å². The second-order valence-corrected chi connectivity index (χ2v) is 3.92. The molecule has 0 spiro atoms. The Morgan fingerprint density at radius 3 is 2.50 bits per heavy atom. The highest BCUT2D eigenvalue weighted by molar-refractivity contribution is 5.47. The molecule has 0 radical (unpaired) electrons. The third kappa shape index (κ3) is 2.20. The highest BCUT2D eigenvalue weighted by Gasteiger charge is 2.34. The van der Waals surface area contributed by atoms with Gasteiger partial charge in [0.25, 0.3) is 5.92 Å². The molecule has 1 aliphatic rings. The minimum Gasteiger partial charge on any atom is -0.397 e. The molecule has 16 heavy (non-hydrogen) atoms. The van der Waals surface area contributed by atoms with Gasteiger partial charge in [0.15, 0.2) is 11.6 Å². The maximum atomic E-state index is 13.5. The molecule has 1 saturated heterocycles. The molecule has 2 heterocycles. The van der Waals surface area contributed by atoms with Crippen molar-refractivity contribution >= 4 is 11.5 Å². The third-order valence-electron chi connectivity index (χ3n) is 2.64. The number of alkyl halides is 2. The van der Waals surface area contributed by atoms with Gasteiger partial charge < -0.3 is 10.6 Å². The van der Waals surface area contributed by atoms with E-state index in [1.165, 1.54) is 11.1 Å². The summed E-state index contributed by atoms with van der Waals surface area (Å²) >= 11 is 0. The first-order valence-corrected chi connectivity index (χ1v) is 5.02. The van der Waals surface area contributed by atoms with E-state index in [2.05, 4.69) is 4.98 Å². The van der Waals surface area contributed by atoms with Gasteiger partial charge in [0.1, 0.15) is 0 Å². The molecule has 2 rings (SSSR count). The zero-order chi connectivity index (χ0) is 11.8. The molecule has 2 N–H and O–H groups in total. The first-order valence-electron chi connectivity index (χ1n) is 5.02. The molecule has 0 amide bonds. The Balaban J connectivity index is 2.14. The summed E-state index contributed by atoms with van der Waals surface area (Å²) in [4.78, 5) is 5.35. The van der Waals surface area contributed by atoms with Crippen molar-refractivity contribution < 1.29 is 13.2 Å². The van der Waals surface area contributed by atoms with Crippen molar-refractivity contribution in [2.24, 2.45) is 0 Å². The van der Waals surface area contributed by atoms with Crippen LogP contribution in [0.15, 0.2) is 12.3 Å². The first-order chi connectivity index (χ1) is 7.48. The number of nitrogens with two attached hydrogens (primary N) is 1. The van der Waals surface area contributed by atoms with Crippen molar-refractivity contribution in [3.8, 4) is 0 Å². The lowest BCUT2D eigenvalue weighted by atomic mass is 10.1. The Hall–Kier alpha value is -1.46. The van der Waals surface area contributed by atoms with E-state index in [1.807, 2.05) is 0 Å². The molecule has 0 unspecified atom stereocenters. The number of halogens is 3. The molecule has 1 fully saturated rings. The van der Waals surface area contributed by atoms with Crippen LogP contribution in [0, 0.1) is 5.82 Å². The number of hydrogen-bond acceptors (Lipinski definition) is 3. The van der Waals surface area contributed by atoms with Crippen molar-refractivity contribution in [2.45, 2.75) is 18.8 Å². The van der Waals surface area contributed by atoms with Crippen LogP contribution >= 0.6 is 0 Å². The summed E-state index contributed by atoms with van der Waals surface area (Å²) in [6.07, 6.45) is 0.794. The van der Waals surface area contributed by atoms with Crippen molar-refractivity contribution in [1.29, 1.82) is 0 Å². The maximum absolute atomic E-state index is 13.5. The Morgan fingerprint density at radius 2 is 1.94 bits per heavy atom. The van der Waals surface area contributed by atoms with Gasteiger partial charge in [-0.3, -0.25) is 0 Å². The standard InChI is InChI=1S/C10H12F3N3/c11-8-5-7(14)6-15-9(8)16-3-1-10(12,13)2-4-16/h5-6H,1-4,14H2. The largest absolute Gasteiger partial charge is 0.397 e. The Morgan fingerprint density at radius 1 is 1.31 bits per heavy atom. The second-order valence-electron chi connectivity index (χ2n) is 3.92. The lowest BCUT2D eigenvalue weighted by molar-refractivity contribution is -0.0222. The van der Waals surface area contributed by atoms with E-state index >= 15 is 0 Å². The van der Waals surface area contributed by atoms with Crippen LogP contribution in [0.25, 0.3) is 0 Å². The van der Waals surface area contributed by atoms with Crippen LogP contribution in [-0.4, -0.2) is 24.0 Å². The molecule has 0 aliphatic carbocycles. The SMILES string of the molecule is Nc1cnc(N2CCC(F)(F)CC2)c(F)c1. The monoisotopic (exact) mass is 231 g/mol. The van der Waals surface area contributed by atoms with Gasteiger partial charge in [-0.2, -0.15) is 0 Å². The predicted molar refractivity (Wildman–Crippen MR) is 55.0 cm³/mol. The number of pyridine rings is 1. The fraction of sp³-hybridized carbons (Fsp3) is 0.500. The highest BCUT2D eigenvalue weighted by atomic mass is 19.3. The van der Waals surface area contributed by atoms with Crippen molar-refractivity contribution in [2.75, 3.05) is 23.7 Å². The van der Waals surface area contributed by atoms with Crippen molar-refractivity contribution in [3.63, 3.8) is 0 Å². The molecular weight excluding hydrogens is 219 g/mol. The summed E-state index contributed by atoms with van der Waals surface area (Å²) in [6.45, 7) is 0.224. The number of nitrogens with zero attached hydrogens (tertiary/aromatic N) is 2. The van der Waals surface area contributed by atoms with E-state index in [4.69, 9.17) is 5.73 Å². The number of rotatable bonds is 1. The summed E-state index contributed by atoms with van der Waals surface area (Å²) < 4.78 is 39.3. The summed E-state index contributed by atoms with van der Waals surface area (Å²) in [6, 6.07) is 1.15. The van der Waals surface area contributed by atoms with Gasteiger partial charge in [0.2, 0.25) is 0 Å². The van der Waals surface area contributed by atoms with Crippen LogP contribution in [-0.2, 0) is 0 Å². The molecule has 1 aromatic rings. The minimum atomic E-state index is -2.64. The molecule has 0 saturated carbocycles. The van der Waals surface area contributed by atoms with Crippen LogP contribution in [0.2, 0.25) is 0 Å². The molecule has 88 valence electrons. The number of aromatic nitrogens is 1. The van der Waals surface area contributed by atoms with E-state index in [-0.39, 0.29) is 37.4 Å². The Bertz CT molecular complexity index is 385. The fourth-order valence-electron chi connectivity index (χ4n) is 1.72. The number of anilines is 2. The topological polar surface area (TPSA) is 42.1 Å². The zero-order valence-electron chi connectivity index (χ0n) is 8.59. The molecule has 1 aliphatic heterocycles. The molecule has 0 bridgehead atoms. The van der Waals surface area contributed by atoms with E-state index in [1.54, 1.807) is 0 Å². The number of nitrogen functional groups attached to an aromatic ring is 1. The van der Waals surface area contributed by atoms with Gasteiger partial charge in [-0.15, -0.1) is 0 Å². The minimum absolute atomic E-state index is 0.102. The average molecular weight is 231 g/mol. The van der Waals surface area contributed by atoms with Crippen LogP contribution < -0.4 is 10.6 Å². The van der Waals surface area contributed by atoms with Gasteiger partial charge in [0, 0.05) is 32.0 Å². The van der Waals surface area contributed by atoms with Crippen LogP contribution in [0.4, 0.5) is 24.7 Å². The van der Waals surface area contributed by atoms with Crippen LogP contribution in [0.1, 0.15) is 12.8 Å². The predicted octanol–water partition coefficient (Wildman–Crippen LogP) is 2.04. The van der Waals surface area contributed by atoms with Gasteiger partial charge in [-0.25, -0.2) is 18.2 Å². The molecule has 0 atom stereocenters. The van der Waals surface area contributed by atoms with Crippen molar-refractivity contribution in [3.05, 3.63) is 18.1 Å². The second kappa shape index (κ2) is 3.84. The Kier molecular flexibility index (Phi) is 2.65.